The number of piperidine rings is 1. The summed E-state index contributed by atoms with van der Waals surface area (Å²) in [4.78, 5) is 17.2. The molecule has 6 atom stereocenters. The number of likely N-dealkylation sites (tertiary alicyclic amines) is 1. The van der Waals surface area contributed by atoms with Crippen molar-refractivity contribution in [3.05, 3.63) is 0 Å². The highest BCUT2D eigenvalue weighted by Crippen LogP contribution is 2.31. The number of aliphatic hydroxyl groups is 4. The van der Waals surface area contributed by atoms with Crippen molar-refractivity contribution >= 4 is 5.91 Å². The number of aliphatic hydroxyl groups excluding tert-OH is 4. The molecule has 0 radical (unpaired) electrons. The van der Waals surface area contributed by atoms with Crippen molar-refractivity contribution in [1.82, 2.24) is 9.80 Å². The fourth-order valence-electron chi connectivity index (χ4n) is 5.19. The summed E-state index contributed by atoms with van der Waals surface area (Å²) in [6, 6.07) is -0.181. The molecule has 1 heterocycles. The van der Waals surface area contributed by atoms with Gasteiger partial charge in [-0.3, -0.25) is 9.69 Å². The number of unbranched alkanes of at least 4 members (excludes halogenated alkanes) is 3. The van der Waals surface area contributed by atoms with Crippen molar-refractivity contribution < 1.29 is 25.2 Å². The summed E-state index contributed by atoms with van der Waals surface area (Å²) in [5.74, 6) is 0.814. The zero-order valence-corrected chi connectivity index (χ0v) is 20.0. The normalized spacial score (nSPS) is 32.8. The molecule has 2 aliphatic rings. The summed E-state index contributed by atoms with van der Waals surface area (Å²) in [6.07, 6.45) is 5.30. The highest BCUT2D eigenvalue weighted by Gasteiger charge is 2.40. The topological polar surface area (TPSA) is 104 Å². The van der Waals surface area contributed by atoms with Gasteiger partial charge >= 0.3 is 0 Å². The highest BCUT2D eigenvalue weighted by molar-refractivity contribution is 5.81. The lowest BCUT2D eigenvalue weighted by molar-refractivity contribution is -0.145. The van der Waals surface area contributed by atoms with Crippen molar-refractivity contribution in [2.75, 3.05) is 26.2 Å². The maximum atomic E-state index is 13.1. The fourth-order valence-corrected chi connectivity index (χ4v) is 5.19. The Balaban J connectivity index is 1.80. The Morgan fingerprint density at radius 1 is 1.00 bits per heavy atom. The van der Waals surface area contributed by atoms with E-state index in [-0.39, 0.29) is 24.5 Å². The van der Waals surface area contributed by atoms with E-state index in [1.165, 1.54) is 19.3 Å². The number of hydrogen-bond acceptors (Lipinski definition) is 6. The minimum atomic E-state index is -1.21. The molecule has 1 aliphatic heterocycles. The summed E-state index contributed by atoms with van der Waals surface area (Å²) in [6.45, 7) is 9.78. The average Bonchev–Trinajstić information content (AvgIpc) is 2.71. The zero-order valence-electron chi connectivity index (χ0n) is 20.0. The Bertz CT molecular complexity index is 553. The molecule has 1 aliphatic carbocycles. The summed E-state index contributed by atoms with van der Waals surface area (Å²) in [5, 5.41) is 39.4. The average molecular weight is 443 g/mol. The minimum absolute atomic E-state index is 0.242. The predicted molar refractivity (Wildman–Crippen MR) is 122 cm³/mol. The second kappa shape index (κ2) is 11.9. The number of nitrogens with zero attached hydrogens (tertiary/aromatic N) is 2. The van der Waals surface area contributed by atoms with E-state index in [1.54, 1.807) is 0 Å². The molecule has 0 aromatic carbocycles. The van der Waals surface area contributed by atoms with Crippen LogP contribution in [-0.4, -0.2) is 92.8 Å². The second-order valence-corrected chi connectivity index (χ2v) is 10.8. The van der Waals surface area contributed by atoms with Crippen LogP contribution in [0.15, 0.2) is 0 Å². The fraction of sp³-hybridized carbons (Fsp3) is 0.958. The molecule has 7 nitrogen and oxygen atoms in total. The van der Waals surface area contributed by atoms with Gasteiger partial charge in [0, 0.05) is 24.5 Å². The molecule has 1 saturated heterocycles. The van der Waals surface area contributed by atoms with Crippen LogP contribution in [-0.2, 0) is 4.79 Å². The molecule has 1 saturated carbocycles. The molecule has 2 fully saturated rings. The van der Waals surface area contributed by atoms with Crippen LogP contribution in [0.1, 0.15) is 79.1 Å². The molecule has 182 valence electrons. The highest BCUT2D eigenvalue weighted by atomic mass is 16.4. The Morgan fingerprint density at radius 2 is 1.65 bits per heavy atom. The van der Waals surface area contributed by atoms with Gasteiger partial charge in [0.25, 0.3) is 0 Å². The Morgan fingerprint density at radius 3 is 2.26 bits per heavy atom. The number of amides is 1. The lowest BCUT2D eigenvalue weighted by atomic mass is 9.83. The molecule has 7 heteroatoms. The van der Waals surface area contributed by atoms with Crippen LogP contribution in [0.2, 0.25) is 0 Å². The summed E-state index contributed by atoms with van der Waals surface area (Å²) >= 11 is 0. The quantitative estimate of drug-likeness (QED) is 0.406. The summed E-state index contributed by atoms with van der Waals surface area (Å²) in [5.41, 5.74) is -0.364. The molecule has 31 heavy (non-hydrogen) atoms. The number of β-amino-alcohol motifs (C(OH)–C–C–N with tert-alkyl or cyclic N) is 1. The molecule has 2 rings (SSSR count). The van der Waals surface area contributed by atoms with Crippen molar-refractivity contribution in [2.24, 2.45) is 11.3 Å². The van der Waals surface area contributed by atoms with Crippen LogP contribution in [0.3, 0.4) is 0 Å². The smallest absolute Gasteiger partial charge is 0.228 e. The van der Waals surface area contributed by atoms with Crippen molar-refractivity contribution in [1.29, 1.82) is 0 Å². The van der Waals surface area contributed by atoms with Crippen LogP contribution in [0, 0.1) is 11.3 Å². The minimum Gasteiger partial charge on any atom is -0.395 e. The number of carbonyl (C=O) groups is 1. The summed E-state index contributed by atoms with van der Waals surface area (Å²) in [7, 11) is 0. The van der Waals surface area contributed by atoms with Gasteiger partial charge in [-0.1, -0.05) is 53.4 Å². The molecular formula is C24H46N2O5. The Kier molecular flexibility index (Phi) is 10.2. The van der Waals surface area contributed by atoms with E-state index >= 15 is 0 Å². The lowest BCUT2D eigenvalue weighted by Gasteiger charge is -2.43. The van der Waals surface area contributed by atoms with Crippen molar-refractivity contribution in [3.8, 4) is 0 Å². The molecule has 0 bridgehead atoms. The third-order valence-corrected chi connectivity index (χ3v) is 7.18. The molecule has 0 aromatic rings. The second-order valence-electron chi connectivity index (χ2n) is 10.8. The van der Waals surface area contributed by atoms with E-state index in [1.807, 2.05) is 25.7 Å². The van der Waals surface area contributed by atoms with E-state index < -0.39 is 24.4 Å². The lowest BCUT2D eigenvalue weighted by Crippen LogP contribution is -2.62. The van der Waals surface area contributed by atoms with E-state index in [2.05, 4.69) is 11.8 Å². The first kappa shape index (κ1) is 26.5. The third-order valence-electron chi connectivity index (χ3n) is 7.18. The van der Waals surface area contributed by atoms with Gasteiger partial charge in [-0.2, -0.15) is 0 Å². The molecular weight excluding hydrogens is 396 g/mol. The van der Waals surface area contributed by atoms with Crippen LogP contribution < -0.4 is 0 Å². The SMILES string of the molecule is CC1CCCCC1N(CCCCCCN1C[C@H](O)[C@@H](O)[C@H](O)[C@H]1CO)C(=O)C(C)(C)C. The van der Waals surface area contributed by atoms with Gasteiger partial charge < -0.3 is 25.3 Å². The standard InChI is InChI=1S/C24H46N2O5/c1-17-11-7-8-12-18(17)26(23(31)24(2,3)4)14-10-6-5-9-13-25-15-20(28)22(30)21(29)19(25)16-27/h17-22,27-30H,5-16H2,1-4H3/t17?,18?,19-,20+,21-,22-/m1/s1. The monoisotopic (exact) mass is 442 g/mol. The van der Waals surface area contributed by atoms with Crippen LogP contribution >= 0.6 is 0 Å². The van der Waals surface area contributed by atoms with E-state index in [0.29, 0.717) is 18.5 Å². The maximum Gasteiger partial charge on any atom is 0.228 e. The van der Waals surface area contributed by atoms with Crippen molar-refractivity contribution in [3.63, 3.8) is 0 Å². The number of carbonyl (C=O) groups excluding carboxylic acids is 1. The molecule has 0 spiro atoms. The van der Waals surface area contributed by atoms with Crippen LogP contribution in [0.25, 0.3) is 0 Å². The Hall–Kier alpha value is -0.730. The van der Waals surface area contributed by atoms with Gasteiger partial charge in [0.05, 0.1) is 18.8 Å². The molecule has 1 amide bonds. The molecule has 4 N–H and O–H groups in total. The maximum absolute atomic E-state index is 13.1. The van der Waals surface area contributed by atoms with Gasteiger partial charge in [0.15, 0.2) is 0 Å². The third kappa shape index (κ3) is 7.13. The number of hydrogen-bond donors (Lipinski definition) is 4. The van der Waals surface area contributed by atoms with Gasteiger partial charge in [-0.15, -0.1) is 0 Å². The number of rotatable bonds is 9. The first-order valence-corrected chi connectivity index (χ1v) is 12.3. The molecule has 2 unspecified atom stereocenters. The van der Waals surface area contributed by atoms with E-state index in [9.17, 15) is 25.2 Å². The first-order valence-electron chi connectivity index (χ1n) is 12.3. The van der Waals surface area contributed by atoms with Crippen LogP contribution in [0.5, 0.6) is 0 Å². The van der Waals surface area contributed by atoms with Gasteiger partial charge in [-0.05, 0) is 38.1 Å². The summed E-state index contributed by atoms with van der Waals surface area (Å²) < 4.78 is 0. The van der Waals surface area contributed by atoms with Gasteiger partial charge in [-0.25, -0.2) is 0 Å². The van der Waals surface area contributed by atoms with Crippen LogP contribution in [0.4, 0.5) is 0 Å². The van der Waals surface area contributed by atoms with E-state index in [4.69, 9.17) is 0 Å². The predicted octanol–water partition coefficient (Wildman–Crippen LogP) is 1.76. The van der Waals surface area contributed by atoms with Gasteiger partial charge in [0.1, 0.15) is 12.2 Å². The largest absolute Gasteiger partial charge is 0.395 e. The zero-order chi connectivity index (χ0) is 23.2. The molecule has 0 aromatic heterocycles. The first-order chi connectivity index (χ1) is 14.6. The van der Waals surface area contributed by atoms with Gasteiger partial charge in [0.2, 0.25) is 5.91 Å². The van der Waals surface area contributed by atoms with Crippen molar-refractivity contribution in [2.45, 2.75) is 109 Å². The Labute approximate surface area is 188 Å². The van der Waals surface area contributed by atoms with E-state index in [0.717, 1.165) is 38.6 Å².